The minimum absolute atomic E-state index is 0.209. The maximum absolute atomic E-state index is 12.1. The van der Waals surface area contributed by atoms with Gasteiger partial charge in [-0.15, -0.1) is 10.2 Å². The summed E-state index contributed by atoms with van der Waals surface area (Å²) in [6, 6.07) is 0. The van der Waals surface area contributed by atoms with Crippen LogP contribution in [0.2, 0.25) is 0 Å². The van der Waals surface area contributed by atoms with Crippen LogP contribution in [0, 0.1) is 0 Å². The molecule has 1 aromatic heterocycles. The quantitative estimate of drug-likeness (QED) is 0.878. The molecule has 1 aromatic rings. The lowest BCUT2D eigenvalue weighted by molar-refractivity contribution is 0.263. The smallest absolute Gasteiger partial charge is 0.160 e. The monoisotopic (exact) mass is 273 g/mol. The van der Waals surface area contributed by atoms with Crippen LogP contribution in [0.5, 0.6) is 0 Å². The van der Waals surface area contributed by atoms with Gasteiger partial charge >= 0.3 is 0 Å². The van der Waals surface area contributed by atoms with Crippen molar-refractivity contribution in [2.45, 2.75) is 51.0 Å². The van der Waals surface area contributed by atoms with E-state index in [9.17, 15) is 13.5 Å². The third-order valence-corrected chi connectivity index (χ3v) is 5.48. The molecule has 0 saturated carbocycles. The van der Waals surface area contributed by atoms with Crippen LogP contribution in [0.1, 0.15) is 49.5 Å². The van der Waals surface area contributed by atoms with E-state index in [1.807, 2.05) is 6.92 Å². The third-order valence-electron chi connectivity index (χ3n) is 3.31. The molecule has 0 spiro atoms. The zero-order chi connectivity index (χ0) is 13.2. The number of aromatic nitrogens is 3. The number of sulfone groups is 1. The summed E-state index contributed by atoms with van der Waals surface area (Å²) in [7, 11) is -3.12. The van der Waals surface area contributed by atoms with Crippen LogP contribution in [-0.4, -0.2) is 34.0 Å². The first kappa shape index (κ1) is 13.5. The number of nitrogens with zero attached hydrogens (tertiary/aromatic N) is 3. The van der Waals surface area contributed by atoms with E-state index in [2.05, 4.69) is 10.2 Å². The molecule has 6 nitrogen and oxygen atoms in total. The summed E-state index contributed by atoms with van der Waals surface area (Å²) < 4.78 is 25.9. The lowest BCUT2D eigenvalue weighted by Gasteiger charge is -2.22. The highest BCUT2D eigenvalue weighted by Crippen LogP contribution is 2.32. The fraction of sp³-hybridized carbons (Fsp3) is 0.818. The van der Waals surface area contributed by atoms with Crippen LogP contribution in [0.15, 0.2) is 0 Å². The molecule has 1 N–H and O–H groups in total. The molecule has 0 radical (unpaired) electrons. The fourth-order valence-corrected chi connectivity index (χ4v) is 4.33. The van der Waals surface area contributed by atoms with Crippen molar-refractivity contribution in [2.24, 2.45) is 0 Å². The van der Waals surface area contributed by atoms with Crippen LogP contribution in [0.3, 0.4) is 0 Å². The van der Waals surface area contributed by atoms with Crippen molar-refractivity contribution in [3.8, 4) is 0 Å². The van der Waals surface area contributed by atoms with Crippen LogP contribution < -0.4 is 0 Å². The Morgan fingerprint density at radius 1 is 1.39 bits per heavy atom. The molecule has 0 bridgehead atoms. The van der Waals surface area contributed by atoms with Crippen molar-refractivity contribution in [1.82, 2.24) is 14.8 Å². The summed E-state index contributed by atoms with van der Waals surface area (Å²) >= 11 is 0. The summed E-state index contributed by atoms with van der Waals surface area (Å²) in [5, 5.41) is 16.6. The Balaban J connectivity index is 2.40. The first-order valence-corrected chi connectivity index (χ1v) is 8.06. The zero-order valence-electron chi connectivity index (χ0n) is 10.5. The third kappa shape index (κ3) is 2.42. The largest absolute Gasteiger partial charge is 0.388 e. The highest BCUT2D eigenvalue weighted by Gasteiger charge is 2.34. The van der Waals surface area contributed by atoms with E-state index in [-0.39, 0.29) is 12.4 Å². The molecule has 1 aliphatic heterocycles. The van der Waals surface area contributed by atoms with E-state index in [0.717, 1.165) is 19.3 Å². The summed E-state index contributed by atoms with van der Waals surface area (Å²) in [4.78, 5) is 0. The van der Waals surface area contributed by atoms with Crippen molar-refractivity contribution in [2.75, 3.05) is 5.75 Å². The van der Waals surface area contributed by atoms with Crippen LogP contribution >= 0.6 is 0 Å². The van der Waals surface area contributed by atoms with Gasteiger partial charge < -0.3 is 9.67 Å². The number of aliphatic hydroxyl groups excluding tert-OH is 1. The summed E-state index contributed by atoms with van der Waals surface area (Å²) in [6.45, 7) is 2.43. The summed E-state index contributed by atoms with van der Waals surface area (Å²) in [5.74, 6) is 1.18. The van der Waals surface area contributed by atoms with Gasteiger partial charge in [0.05, 0.1) is 5.75 Å². The molecule has 0 amide bonds. The second-order valence-corrected chi connectivity index (χ2v) is 6.94. The predicted octanol–water partition coefficient (Wildman–Crippen LogP) is 0.820. The maximum atomic E-state index is 12.1. The lowest BCUT2D eigenvalue weighted by Crippen LogP contribution is -2.25. The van der Waals surface area contributed by atoms with Crippen molar-refractivity contribution < 1.29 is 13.5 Å². The highest BCUT2D eigenvalue weighted by atomic mass is 32.2. The molecule has 1 fully saturated rings. The Kier molecular flexibility index (Phi) is 4.01. The standard InChI is InChI=1S/C11H19N3O3S/c1-2-6-14-10(8-15)12-13-11(14)9-5-3-4-7-18(9,16)17/h9,15H,2-8H2,1H3. The van der Waals surface area contributed by atoms with Gasteiger partial charge in [0.1, 0.15) is 11.9 Å². The fourth-order valence-electron chi connectivity index (χ4n) is 2.42. The van der Waals surface area contributed by atoms with Gasteiger partial charge in [0.25, 0.3) is 0 Å². The van der Waals surface area contributed by atoms with E-state index >= 15 is 0 Å². The van der Waals surface area contributed by atoms with Gasteiger partial charge in [-0.25, -0.2) is 8.42 Å². The molecule has 102 valence electrons. The lowest BCUT2D eigenvalue weighted by atomic mass is 10.2. The average Bonchev–Trinajstić information content (AvgIpc) is 2.72. The molecule has 0 aliphatic carbocycles. The van der Waals surface area contributed by atoms with E-state index < -0.39 is 15.1 Å². The molecule has 1 saturated heterocycles. The van der Waals surface area contributed by atoms with Crippen molar-refractivity contribution in [3.05, 3.63) is 11.6 Å². The molecule has 18 heavy (non-hydrogen) atoms. The molecule has 2 heterocycles. The van der Waals surface area contributed by atoms with Gasteiger partial charge in [0.2, 0.25) is 0 Å². The van der Waals surface area contributed by atoms with Gasteiger partial charge in [-0.2, -0.15) is 0 Å². The molecule has 0 aromatic carbocycles. The minimum Gasteiger partial charge on any atom is -0.388 e. The molecule has 2 rings (SSSR count). The number of aliphatic hydroxyl groups is 1. The second kappa shape index (κ2) is 5.36. The molecule has 7 heteroatoms. The van der Waals surface area contributed by atoms with E-state index in [0.29, 0.717) is 24.6 Å². The Hall–Kier alpha value is -0.950. The Morgan fingerprint density at radius 2 is 2.17 bits per heavy atom. The van der Waals surface area contributed by atoms with E-state index in [1.54, 1.807) is 4.57 Å². The Bertz CT molecular complexity index is 510. The number of rotatable bonds is 4. The Morgan fingerprint density at radius 3 is 2.78 bits per heavy atom. The number of hydrogen-bond donors (Lipinski definition) is 1. The molecular formula is C11H19N3O3S. The average molecular weight is 273 g/mol. The van der Waals surface area contributed by atoms with Gasteiger partial charge in [-0.05, 0) is 19.3 Å². The van der Waals surface area contributed by atoms with E-state index in [4.69, 9.17) is 0 Å². The molecular weight excluding hydrogens is 254 g/mol. The molecule has 1 aliphatic rings. The van der Waals surface area contributed by atoms with Gasteiger partial charge in [0, 0.05) is 6.54 Å². The second-order valence-electron chi connectivity index (χ2n) is 4.64. The number of hydrogen-bond acceptors (Lipinski definition) is 5. The highest BCUT2D eigenvalue weighted by molar-refractivity contribution is 7.91. The van der Waals surface area contributed by atoms with Crippen molar-refractivity contribution in [1.29, 1.82) is 0 Å². The van der Waals surface area contributed by atoms with Crippen LogP contribution in [0.25, 0.3) is 0 Å². The molecule has 1 unspecified atom stereocenters. The SMILES string of the molecule is CCCn1c(CO)nnc1C1CCCCS1(=O)=O. The normalized spacial score (nSPS) is 23.1. The maximum Gasteiger partial charge on any atom is 0.160 e. The minimum atomic E-state index is -3.12. The van der Waals surface area contributed by atoms with Gasteiger partial charge in [-0.1, -0.05) is 13.3 Å². The van der Waals surface area contributed by atoms with Crippen LogP contribution in [-0.2, 0) is 23.0 Å². The van der Waals surface area contributed by atoms with E-state index in [1.165, 1.54) is 0 Å². The summed E-state index contributed by atoms with van der Waals surface area (Å²) in [6.07, 6.45) is 3.09. The Labute approximate surface area is 107 Å². The van der Waals surface area contributed by atoms with Gasteiger partial charge in [-0.3, -0.25) is 0 Å². The molecule has 1 atom stereocenters. The zero-order valence-corrected chi connectivity index (χ0v) is 11.4. The first-order chi connectivity index (χ1) is 8.60. The topological polar surface area (TPSA) is 85.1 Å². The summed E-state index contributed by atoms with van der Waals surface area (Å²) in [5.41, 5.74) is 0. The first-order valence-electron chi connectivity index (χ1n) is 6.34. The van der Waals surface area contributed by atoms with Gasteiger partial charge in [0.15, 0.2) is 21.5 Å². The van der Waals surface area contributed by atoms with Crippen molar-refractivity contribution >= 4 is 9.84 Å². The van der Waals surface area contributed by atoms with Crippen molar-refractivity contribution in [3.63, 3.8) is 0 Å². The predicted molar refractivity (Wildman–Crippen MR) is 66.6 cm³/mol. The van der Waals surface area contributed by atoms with Crippen LogP contribution in [0.4, 0.5) is 0 Å².